The molecule has 0 spiro atoms. The van der Waals surface area contributed by atoms with E-state index in [0.29, 0.717) is 10.4 Å². The Morgan fingerprint density at radius 2 is 2.06 bits per heavy atom. The van der Waals surface area contributed by atoms with Gasteiger partial charge in [0.15, 0.2) is 11.6 Å². The molecule has 0 N–H and O–H groups in total. The van der Waals surface area contributed by atoms with E-state index < -0.39 is 5.82 Å². The van der Waals surface area contributed by atoms with E-state index in [-0.39, 0.29) is 5.75 Å². The van der Waals surface area contributed by atoms with Gasteiger partial charge >= 0.3 is 0 Å². The summed E-state index contributed by atoms with van der Waals surface area (Å²) < 4.78 is 19.6. The Labute approximate surface area is 101 Å². The first-order valence-corrected chi connectivity index (χ1v) is 5.51. The molecule has 0 saturated heterocycles. The lowest BCUT2D eigenvalue weighted by molar-refractivity contribution is 0.421. The monoisotopic (exact) mass is 281 g/mol. The summed E-state index contributed by atoms with van der Waals surface area (Å²) >= 11 is 3.29. The summed E-state index contributed by atoms with van der Waals surface area (Å²) in [4.78, 5) is 4.02. The molecular weight excluding hydrogens is 273 g/mol. The van der Waals surface area contributed by atoms with Gasteiger partial charge in [0.05, 0.1) is 4.47 Å². The summed E-state index contributed by atoms with van der Waals surface area (Å²) in [7, 11) is 0. The third-order valence-electron chi connectivity index (χ3n) is 2.09. The molecule has 0 radical (unpaired) electrons. The van der Waals surface area contributed by atoms with E-state index in [2.05, 4.69) is 20.9 Å². The second-order valence-corrected chi connectivity index (χ2v) is 4.13. The molecule has 1 heterocycles. The largest absolute Gasteiger partial charge is 0.435 e. The van der Waals surface area contributed by atoms with Crippen LogP contribution in [0.15, 0.2) is 41.0 Å². The standard InChI is InChI=1S/C12H9BrFNO/c1-8-4-2-6-10(14)11(8)16-12-9(13)5-3-7-15-12/h2-7H,1H3. The van der Waals surface area contributed by atoms with Gasteiger partial charge < -0.3 is 4.74 Å². The fourth-order valence-electron chi connectivity index (χ4n) is 1.29. The maximum absolute atomic E-state index is 13.5. The number of aromatic nitrogens is 1. The Bertz CT molecular complexity index is 496. The highest BCUT2D eigenvalue weighted by atomic mass is 79.9. The van der Waals surface area contributed by atoms with Gasteiger partial charge in [0, 0.05) is 6.20 Å². The molecule has 0 unspecified atom stereocenters. The first-order chi connectivity index (χ1) is 7.68. The predicted octanol–water partition coefficient (Wildman–Crippen LogP) is 4.08. The van der Waals surface area contributed by atoms with Crippen LogP contribution in [0.1, 0.15) is 5.56 Å². The van der Waals surface area contributed by atoms with Crippen molar-refractivity contribution < 1.29 is 9.13 Å². The van der Waals surface area contributed by atoms with E-state index >= 15 is 0 Å². The number of pyridine rings is 1. The summed E-state index contributed by atoms with van der Waals surface area (Å²) in [6.07, 6.45) is 1.59. The van der Waals surface area contributed by atoms with Gasteiger partial charge in [-0.2, -0.15) is 0 Å². The zero-order valence-electron chi connectivity index (χ0n) is 8.58. The molecule has 1 aromatic carbocycles. The van der Waals surface area contributed by atoms with Crippen LogP contribution in [0.4, 0.5) is 4.39 Å². The summed E-state index contributed by atoms with van der Waals surface area (Å²) in [6, 6.07) is 8.35. The molecule has 2 nitrogen and oxygen atoms in total. The fourth-order valence-corrected chi connectivity index (χ4v) is 1.62. The van der Waals surface area contributed by atoms with Gasteiger partial charge in [-0.05, 0) is 46.6 Å². The molecule has 82 valence electrons. The molecule has 2 aromatic rings. The topological polar surface area (TPSA) is 22.1 Å². The predicted molar refractivity (Wildman–Crippen MR) is 63.1 cm³/mol. The van der Waals surface area contributed by atoms with E-state index in [4.69, 9.17) is 4.74 Å². The average molecular weight is 282 g/mol. The number of rotatable bonds is 2. The highest BCUT2D eigenvalue weighted by Gasteiger charge is 2.10. The molecule has 4 heteroatoms. The van der Waals surface area contributed by atoms with Crippen molar-refractivity contribution in [3.63, 3.8) is 0 Å². The maximum atomic E-state index is 13.5. The highest BCUT2D eigenvalue weighted by molar-refractivity contribution is 9.10. The van der Waals surface area contributed by atoms with Crippen LogP contribution in [0.3, 0.4) is 0 Å². The van der Waals surface area contributed by atoms with Crippen LogP contribution in [0.25, 0.3) is 0 Å². The molecule has 0 bridgehead atoms. The van der Waals surface area contributed by atoms with Gasteiger partial charge in [0.1, 0.15) is 0 Å². The van der Waals surface area contributed by atoms with Gasteiger partial charge in [-0.15, -0.1) is 0 Å². The lowest BCUT2D eigenvalue weighted by Gasteiger charge is -2.09. The van der Waals surface area contributed by atoms with Gasteiger partial charge in [-0.3, -0.25) is 0 Å². The van der Waals surface area contributed by atoms with Crippen molar-refractivity contribution in [1.29, 1.82) is 0 Å². The summed E-state index contributed by atoms with van der Waals surface area (Å²) in [5.74, 6) is 0.176. The van der Waals surface area contributed by atoms with Gasteiger partial charge in [-0.25, -0.2) is 9.37 Å². The van der Waals surface area contributed by atoms with Gasteiger partial charge in [0.25, 0.3) is 0 Å². The van der Waals surface area contributed by atoms with Crippen LogP contribution in [-0.2, 0) is 0 Å². The molecule has 2 rings (SSSR count). The van der Waals surface area contributed by atoms with Crippen molar-refractivity contribution in [2.75, 3.05) is 0 Å². The molecule has 16 heavy (non-hydrogen) atoms. The Kier molecular flexibility index (Phi) is 3.19. The first-order valence-electron chi connectivity index (χ1n) is 4.72. The number of halogens is 2. The Morgan fingerprint density at radius 1 is 1.25 bits per heavy atom. The molecule has 0 aliphatic heterocycles. The van der Waals surface area contributed by atoms with Crippen LogP contribution < -0.4 is 4.74 Å². The summed E-state index contributed by atoms with van der Waals surface area (Å²) in [6.45, 7) is 1.79. The molecular formula is C12H9BrFNO. The third-order valence-corrected chi connectivity index (χ3v) is 2.69. The number of aryl methyl sites for hydroxylation is 1. The lowest BCUT2D eigenvalue weighted by atomic mass is 10.2. The minimum absolute atomic E-state index is 0.210. The number of nitrogens with zero attached hydrogens (tertiary/aromatic N) is 1. The average Bonchev–Trinajstić information content (AvgIpc) is 2.26. The van der Waals surface area contributed by atoms with Crippen molar-refractivity contribution in [2.24, 2.45) is 0 Å². The van der Waals surface area contributed by atoms with Crippen molar-refractivity contribution in [1.82, 2.24) is 4.98 Å². The smallest absolute Gasteiger partial charge is 0.233 e. The minimum Gasteiger partial charge on any atom is -0.435 e. The van der Waals surface area contributed by atoms with Crippen molar-refractivity contribution in [3.05, 3.63) is 52.4 Å². The lowest BCUT2D eigenvalue weighted by Crippen LogP contribution is -1.93. The molecule has 1 aromatic heterocycles. The molecule has 0 saturated carbocycles. The van der Waals surface area contributed by atoms with Crippen LogP contribution in [0.5, 0.6) is 11.6 Å². The summed E-state index contributed by atoms with van der Waals surface area (Å²) in [5, 5.41) is 0. The van der Waals surface area contributed by atoms with Gasteiger partial charge in [0.2, 0.25) is 5.88 Å². The van der Waals surface area contributed by atoms with Crippen LogP contribution in [0.2, 0.25) is 0 Å². The van der Waals surface area contributed by atoms with Crippen molar-refractivity contribution in [3.8, 4) is 11.6 Å². The Balaban J connectivity index is 2.38. The first kappa shape index (κ1) is 11.1. The second kappa shape index (κ2) is 4.61. The number of benzene rings is 1. The molecule has 0 aliphatic carbocycles. The molecule has 0 amide bonds. The number of hydrogen-bond donors (Lipinski definition) is 0. The zero-order valence-corrected chi connectivity index (χ0v) is 10.2. The van der Waals surface area contributed by atoms with E-state index in [9.17, 15) is 4.39 Å². The van der Waals surface area contributed by atoms with Gasteiger partial charge in [-0.1, -0.05) is 12.1 Å². The molecule has 0 aliphatic rings. The van der Waals surface area contributed by atoms with E-state index in [1.54, 1.807) is 37.4 Å². The van der Waals surface area contributed by atoms with Crippen molar-refractivity contribution >= 4 is 15.9 Å². The number of para-hydroxylation sites is 1. The van der Waals surface area contributed by atoms with E-state index in [1.807, 2.05) is 0 Å². The summed E-state index contributed by atoms with van der Waals surface area (Å²) in [5.41, 5.74) is 0.734. The van der Waals surface area contributed by atoms with E-state index in [0.717, 1.165) is 5.56 Å². The van der Waals surface area contributed by atoms with Crippen LogP contribution in [0, 0.1) is 12.7 Å². The maximum Gasteiger partial charge on any atom is 0.233 e. The number of ether oxygens (including phenoxy) is 1. The molecule has 0 fully saturated rings. The Morgan fingerprint density at radius 3 is 2.75 bits per heavy atom. The van der Waals surface area contributed by atoms with Crippen LogP contribution in [-0.4, -0.2) is 4.98 Å². The molecule has 0 atom stereocenters. The van der Waals surface area contributed by atoms with Crippen LogP contribution >= 0.6 is 15.9 Å². The zero-order chi connectivity index (χ0) is 11.5. The Hall–Kier alpha value is -1.42. The number of hydrogen-bond acceptors (Lipinski definition) is 2. The second-order valence-electron chi connectivity index (χ2n) is 3.28. The third kappa shape index (κ3) is 2.22. The fraction of sp³-hybridized carbons (Fsp3) is 0.0833. The van der Waals surface area contributed by atoms with E-state index in [1.165, 1.54) is 6.07 Å². The van der Waals surface area contributed by atoms with Crippen molar-refractivity contribution in [2.45, 2.75) is 6.92 Å². The quantitative estimate of drug-likeness (QED) is 0.827. The minimum atomic E-state index is -0.391. The highest BCUT2D eigenvalue weighted by Crippen LogP contribution is 2.30. The normalized spacial score (nSPS) is 10.2. The SMILES string of the molecule is Cc1cccc(F)c1Oc1ncccc1Br.